The number of hydrogen-bond donors (Lipinski definition) is 1. The summed E-state index contributed by atoms with van der Waals surface area (Å²) in [5.41, 5.74) is 3.61. The van der Waals surface area contributed by atoms with Crippen LogP contribution in [-0.2, 0) is 9.59 Å². The van der Waals surface area contributed by atoms with Gasteiger partial charge < -0.3 is 5.32 Å². The van der Waals surface area contributed by atoms with E-state index in [2.05, 4.69) is 16.9 Å². The van der Waals surface area contributed by atoms with Gasteiger partial charge in [0.15, 0.2) is 5.17 Å². The maximum Gasteiger partial charge on any atom is 0.242 e. The fourth-order valence-electron chi connectivity index (χ4n) is 2.88. The van der Waals surface area contributed by atoms with Gasteiger partial charge in [0.05, 0.1) is 5.69 Å². The molecule has 5 nitrogen and oxygen atoms in total. The van der Waals surface area contributed by atoms with Gasteiger partial charge in [-0.2, -0.15) is 0 Å². The number of nitrogens with one attached hydrogen (secondary N) is 1. The summed E-state index contributed by atoms with van der Waals surface area (Å²) in [5, 5.41) is 3.03. The smallest absolute Gasteiger partial charge is 0.242 e. The van der Waals surface area contributed by atoms with E-state index in [-0.39, 0.29) is 18.2 Å². The predicted octanol–water partition coefficient (Wildman–Crippen LogP) is 4.45. The Bertz CT molecular complexity index is 925. The minimum atomic E-state index is -0.493. The molecule has 1 fully saturated rings. The molecule has 1 aliphatic heterocycles. The molecular weight excluding hydrogens is 370 g/mol. The first kappa shape index (κ1) is 19.9. The Balaban J connectivity index is 1.74. The van der Waals surface area contributed by atoms with Gasteiger partial charge in [0.25, 0.3) is 0 Å². The summed E-state index contributed by atoms with van der Waals surface area (Å²) in [6.07, 6.45) is 1.76. The lowest BCUT2D eigenvalue weighted by Gasteiger charge is -2.14. The number of nitrogens with zero attached hydrogens (tertiary/aromatic N) is 2. The topological polar surface area (TPSA) is 61.8 Å². The van der Waals surface area contributed by atoms with Gasteiger partial charge in [0, 0.05) is 18.7 Å². The first-order chi connectivity index (χ1) is 13.5. The van der Waals surface area contributed by atoms with Crippen LogP contribution in [0.5, 0.6) is 0 Å². The van der Waals surface area contributed by atoms with Gasteiger partial charge in [-0.3, -0.25) is 14.5 Å². The number of para-hydroxylation sites is 1. The van der Waals surface area contributed by atoms with E-state index >= 15 is 0 Å². The lowest BCUT2D eigenvalue weighted by Crippen LogP contribution is -2.33. The molecule has 28 heavy (non-hydrogen) atoms. The molecule has 0 bridgehead atoms. The second kappa shape index (κ2) is 8.89. The number of aliphatic imine (C=N–C) groups is 1. The molecule has 0 aliphatic carbocycles. The van der Waals surface area contributed by atoms with Crippen LogP contribution < -0.4 is 5.32 Å². The average molecular weight is 394 g/mol. The number of thioether (sulfide) groups is 1. The fraction of sp³-hybridized carbons (Fsp3) is 0.227. The Morgan fingerprint density at radius 3 is 2.71 bits per heavy atom. The molecule has 1 N–H and O–H groups in total. The van der Waals surface area contributed by atoms with E-state index in [0.29, 0.717) is 11.7 Å². The third kappa shape index (κ3) is 4.70. The van der Waals surface area contributed by atoms with Gasteiger partial charge in [-0.15, -0.1) is 6.58 Å². The number of rotatable bonds is 6. The zero-order valence-electron chi connectivity index (χ0n) is 16.0. The van der Waals surface area contributed by atoms with Crippen LogP contribution >= 0.6 is 11.8 Å². The van der Waals surface area contributed by atoms with E-state index in [9.17, 15) is 9.59 Å². The summed E-state index contributed by atoms with van der Waals surface area (Å²) in [4.78, 5) is 31.5. The largest absolute Gasteiger partial charge is 0.326 e. The molecule has 2 amide bonds. The summed E-state index contributed by atoms with van der Waals surface area (Å²) >= 11 is 1.33. The second-order valence-corrected chi connectivity index (χ2v) is 7.81. The van der Waals surface area contributed by atoms with Crippen molar-refractivity contribution in [3.63, 3.8) is 0 Å². The van der Waals surface area contributed by atoms with Crippen molar-refractivity contribution in [2.45, 2.75) is 25.5 Å². The Kier molecular flexibility index (Phi) is 6.31. The Labute approximate surface area is 169 Å². The first-order valence-electron chi connectivity index (χ1n) is 9.07. The highest BCUT2D eigenvalue weighted by Gasteiger charge is 2.38. The first-order valence-corrected chi connectivity index (χ1v) is 9.95. The highest BCUT2D eigenvalue weighted by Crippen LogP contribution is 2.32. The number of hydrogen-bond acceptors (Lipinski definition) is 4. The molecule has 0 radical (unpaired) electrons. The molecule has 1 aliphatic rings. The van der Waals surface area contributed by atoms with Crippen molar-refractivity contribution in [1.82, 2.24) is 4.90 Å². The van der Waals surface area contributed by atoms with Gasteiger partial charge in [-0.25, -0.2) is 4.99 Å². The van der Waals surface area contributed by atoms with Gasteiger partial charge in [-0.05, 0) is 43.2 Å². The zero-order valence-corrected chi connectivity index (χ0v) is 16.8. The average Bonchev–Trinajstić information content (AvgIpc) is 2.94. The molecular formula is C22H23N3O2S. The lowest BCUT2D eigenvalue weighted by molar-refractivity contribution is -0.127. The van der Waals surface area contributed by atoms with E-state index < -0.39 is 5.25 Å². The zero-order chi connectivity index (χ0) is 20.1. The van der Waals surface area contributed by atoms with Crippen LogP contribution in [0.2, 0.25) is 0 Å². The Hall–Kier alpha value is -2.86. The molecule has 1 heterocycles. The van der Waals surface area contributed by atoms with Crippen LogP contribution in [0.4, 0.5) is 11.4 Å². The fourth-order valence-corrected chi connectivity index (χ4v) is 4.04. The molecule has 2 aromatic carbocycles. The van der Waals surface area contributed by atoms with E-state index in [0.717, 1.165) is 22.5 Å². The van der Waals surface area contributed by atoms with Crippen LogP contribution in [0.15, 0.2) is 66.2 Å². The van der Waals surface area contributed by atoms with E-state index in [1.54, 1.807) is 11.0 Å². The van der Waals surface area contributed by atoms with Crippen LogP contribution in [0.1, 0.15) is 17.5 Å². The van der Waals surface area contributed by atoms with Gasteiger partial charge in [0.2, 0.25) is 11.8 Å². The molecule has 0 aromatic heterocycles. The number of amides is 2. The SMILES string of the molecule is C=CCN1C(=O)[C@H](CC(=O)Nc2cc(C)ccc2C)SC1=Nc1ccccc1. The lowest BCUT2D eigenvalue weighted by atomic mass is 10.1. The number of anilines is 1. The maximum absolute atomic E-state index is 12.8. The molecule has 6 heteroatoms. The predicted molar refractivity (Wildman–Crippen MR) is 116 cm³/mol. The molecule has 0 saturated carbocycles. The van der Waals surface area contributed by atoms with Gasteiger partial charge in [0.1, 0.15) is 5.25 Å². The minimum Gasteiger partial charge on any atom is -0.326 e. The van der Waals surface area contributed by atoms with Crippen molar-refractivity contribution in [2.75, 3.05) is 11.9 Å². The van der Waals surface area contributed by atoms with Crippen molar-refractivity contribution in [1.29, 1.82) is 0 Å². The Morgan fingerprint density at radius 2 is 2.00 bits per heavy atom. The Morgan fingerprint density at radius 1 is 1.25 bits per heavy atom. The number of amidine groups is 1. The summed E-state index contributed by atoms with van der Waals surface area (Å²) in [6, 6.07) is 15.4. The van der Waals surface area contributed by atoms with E-state index in [1.807, 2.05) is 62.4 Å². The molecule has 144 valence electrons. The van der Waals surface area contributed by atoms with Crippen molar-refractivity contribution in [2.24, 2.45) is 4.99 Å². The van der Waals surface area contributed by atoms with Crippen LogP contribution in [-0.4, -0.2) is 33.7 Å². The molecule has 3 rings (SSSR count). The monoisotopic (exact) mass is 393 g/mol. The van der Waals surface area contributed by atoms with Crippen molar-refractivity contribution >= 4 is 40.1 Å². The molecule has 1 saturated heterocycles. The van der Waals surface area contributed by atoms with E-state index in [1.165, 1.54) is 11.8 Å². The summed E-state index contributed by atoms with van der Waals surface area (Å²) < 4.78 is 0. The maximum atomic E-state index is 12.8. The van der Waals surface area contributed by atoms with Gasteiger partial charge >= 0.3 is 0 Å². The summed E-state index contributed by atoms with van der Waals surface area (Å²) in [6.45, 7) is 8.01. The van der Waals surface area contributed by atoms with Crippen LogP contribution in [0.3, 0.4) is 0 Å². The summed E-state index contributed by atoms with van der Waals surface area (Å²) in [5.74, 6) is -0.297. The number of carbonyl (C=O) groups excluding carboxylic acids is 2. The van der Waals surface area contributed by atoms with Crippen molar-refractivity contribution in [3.8, 4) is 0 Å². The van der Waals surface area contributed by atoms with Gasteiger partial charge in [-0.1, -0.05) is 48.2 Å². The standard InChI is InChI=1S/C22H23N3O2S/c1-4-12-25-21(27)19(28-22(25)23-17-8-6-5-7-9-17)14-20(26)24-18-13-15(2)10-11-16(18)3/h4-11,13,19H,1,12,14H2,2-3H3,(H,24,26)/t19-/m0/s1. The number of benzene rings is 2. The highest BCUT2D eigenvalue weighted by atomic mass is 32.2. The highest BCUT2D eigenvalue weighted by molar-refractivity contribution is 8.15. The van der Waals surface area contributed by atoms with Crippen LogP contribution in [0.25, 0.3) is 0 Å². The van der Waals surface area contributed by atoms with Crippen molar-refractivity contribution in [3.05, 3.63) is 72.3 Å². The number of carbonyl (C=O) groups is 2. The third-order valence-electron chi connectivity index (χ3n) is 4.35. The second-order valence-electron chi connectivity index (χ2n) is 6.64. The minimum absolute atomic E-state index is 0.0956. The number of aryl methyl sites for hydroxylation is 2. The van der Waals surface area contributed by atoms with Crippen molar-refractivity contribution < 1.29 is 9.59 Å². The third-order valence-corrected chi connectivity index (χ3v) is 5.53. The normalized spacial score (nSPS) is 17.8. The van der Waals surface area contributed by atoms with E-state index in [4.69, 9.17) is 0 Å². The molecule has 0 unspecified atom stereocenters. The quantitative estimate of drug-likeness (QED) is 0.738. The molecule has 1 atom stereocenters. The molecule has 2 aromatic rings. The summed E-state index contributed by atoms with van der Waals surface area (Å²) in [7, 11) is 0. The van der Waals surface area contributed by atoms with Crippen LogP contribution in [0, 0.1) is 13.8 Å². The molecule has 0 spiro atoms.